The molecule has 2 aromatic rings. The van der Waals surface area contributed by atoms with Crippen molar-refractivity contribution in [2.24, 2.45) is 0 Å². The molecule has 0 radical (unpaired) electrons. The van der Waals surface area contributed by atoms with Gasteiger partial charge in [-0.15, -0.1) is 0 Å². The summed E-state index contributed by atoms with van der Waals surface area (Å²) in [4.78, 5) is 0.100. The average molecular weight is 325 g/mol. The van der Waals surface area contributed by atoms with E-state index in [1.165, 1.54) is 17.7 Å². The van der Waals surface area contributed by atoms with Gasteiger partial charge in [-0.1, -0.05) is 53.2 Å². The maximum absolute atomic E-state index is 13.1. The summed E-state index contributed by atoms with van der Waals surface area (Å²) in [7, 11) is 0. The summed E-state index contributed by atoms with van der Waals surface area (Å²) in [5, 5.41) is 0. The third-order valence-electron chi connectivity index (χ3n) is 3.15. The number of rotatable bonds is 4. The van der Waals surface area contributed by atoms with Crippen LogP contribution >= 0.6 is 15.9 Å². The van der Waals surface area contributed by atoms with Crippen LogP contribution < -0.4 is 0 Å². The molecule has 0 aliphatic rings. The van der Waals surface area contributed by atoms with Crippen molar-refractivity contribution in [3.05, 3.63) is 70.8 Å². The highest BCUT2D eigenvalue weighted by Gasteiger charge is 2.10. The third-order valence-corrected chi connectivity index (χ3v) is 4.00. The van der Waals surface area contributed by atoms with Gasteiger partial charge >= 0.3 is 0 Å². The van der Waals surface area contributed by atoms with Crippen molar-refractivity contribution in [1.82, 2.24) is 0 Å². The highest BCUT2D eigenvalue weighted by Crippen LogP contribution is 2.27. The second-order valence-electron chi connectivity index (χ2n) is 4.52. The van der Waals surface area contributed by atoms with Crippen molar-refractivity contribution in [3.63, 3.8) is 0 Å². The van der Waals surface area contributed by atoms with Gasteiger partial charge in [-0.05, 0) is 41.7 Å². The van der Waals surface area contributed by atoms with Gasteiger partial charge in [0.2, 0.25) is 0 Å². The highest BCUT2D eigenvalue weighted by molar-refractivity contribution is 9.09. The van der Waals surface area contributed by atoms with Crippen LogP contribution in [-0.4, -0.2) is 0 Å². The van der Waals surface area contributed by atoms with Gasteiger partial charge in [-0.2, -0.15) is 0 Å². The monoisotopic (exact) mass is 324 g/mol. The van der Waals surface area contributed by atoms with Crippen molar-refractivity contribution in [1.29, 1.82) is 0 Å². The highest BCUT2D eigenvalue weighted by atomic mass is 79.9. The second-order valence-corrected chi connectivity index (χ2v) is 5.62. The maximum atomic E-state index is 13.1. The van der Waals surface area contributed by atoms with Crippen LogP contribution in [0.5, 0.6) is 0 Å². The zero-order valence-corrected chi connectivity index (χ0v) is 12.3. The number of hydrogen-bond acceptors (Lipinski definition) is 0. The van der Waals surface area contributed by atoms with Crippen molar-refractivity contribution < 1.29 is 8.78 Å². The molecule has 0 amide bonds. The zero-order chi connectivity index (χ0) is 13.8. The quantitative estimate of drug-likeness (QED) is 0.677. The van der Waals surface area contributed by atoms with E-state index in [2.05, 4.69) is 47.1 Å². The molecule has 0 nitrogen and oxygen atoms in total. The lowest BCUT2D eigenvalue weighted by molar-refractivity contribution is 0.507. The van der Waals surface area contributed by atoms with Crippen molar-refractivity contribution in [3.8, 4) is 0 Å². The van der Waals surface area contributed by atoms with Gasteiger partial charge in [-0.25, -0.2) is 8.78 Å². The van der Waals surface area contributed by atoms with Gasteiger partial charge in [0.25, 0.3) is 0 Å². The first-order valence-corrected chi connectivity index (χ1v) is 7.18. The molecule has 1 unspecified atom stereocenters. The summed E-state index contributed by atoms with van der Waals surface area (Å²) in [6.45, 7) is 2.11. The number of hydrogen-bond donors (Lipinski definition) is 0. The smallest absolute Gasteiger partial charge is 0.159 e. The largest absolute Gasteiger partial charge is 0.204 e. The summed E-state index contributed by atoms with van der Waals surface area (Å²) in [5.41, 5.74) is 3.21. The predicted octanol–water partition coefficient (Wildman–Crippen LogP) is 5.21. The van der Waals surface area contributed by atoms with E-state index < -0.39 is 11.6 Å². The molecular weight excluding hydrogens is 310 g/mol. The second kappa shape index (κ2) is 6.29. The van der Waals surface area contributed by atoms with E-state index in [-0.39, 0.29) is 4.83 Å². The SMILES string of the molecule is CCc1ccc(C(Br)Cc2ccc(F)c(F)c2)cc1. The molecule has 0 spiro atoms. The minimum absolute atomic E-state index is 0.100. The lowest BCUT2D eigenvalue weighted by atomic mass is 10.0. The Labute approximate surface area is 120 Å². The zero-order valence-electron chi connectivity index (χ0n) is 10.7. The van der Waals surface area contributed by atoms with Crippen LogP contribution in [0.2, 0.25) is 0 Å². The molecule has 3 heteroatoms. The molecule has 2 aromatic carbocycles. The van der Waals surface area contributed by atoms with Gasteiger partial charge < -0.3 is 0 Å². The van der Waals surface area contributed by atoms with Gasteiger partial charge in [-0.3, -0.25) is 0 Å². The van der Waals surface area contributed by atoms with Crippen LogP contribution in [0.15, 0.2) is 42.5 Å². The Kier molecular flexibility index (Phi) is 4.70. The Morgan fingerprint density at radius 1 is 0.947 bits per heavy atom. The number of halogens is 3. The van der Waals surface area contributed by atoms with Crippen LogP contribution in [0.4, 0.5) is 8.78 Å². The fraction of sp³-hybridized carbons (Fsp3) is 0.250. The lowest BCUT2D eigenvalue weighted by Gasteiger charge is -2.11. The Morgan fingerprint density at radius 2 is 1.58 bits per heavy atom. The molecule has 0 saturated carbocycles. The van der Waals surface area contributed by atoms with Crippen molar-refractivity contribution in [2.75, 3.05) is 0 Å². The van der Waals surface area contributed by atoms with E-state index in [0.29, 0.717) is 6.42 Å². The third kappa shape index (κ3) is 3.63. The minimum Gasteiger partial charge on any atom is -0.204 e. The number of aryl methyl sites for hydroxylation is 1. The van der Waals surface area contributed by atoms with Gasteiger partial charge in [0.05, 0.1) is 0 Å². The molecule has 0 aromatic heterocycles. The number of benzene rings is 2. The van der Waals surface area contributed by atoms with Crippen LogP contribution in [0.3, 0.4) is 0 Å². The summed E-state index contributed by atoms with van der Waals surface area (Å²) in [6.07, 6.45) is 1.64. The van der Waals surface area contributed by atoms with E-state index in [0.717, 1.165) is 17.5 Å². The fourth-order valence-corrected chi connectivity index (χ4v) is 2.63. The van der Waals surface area contributed by atoms with E-state index >= 15 is 0 Å². The molecule has 0 N–H and O–H groups in total. The summed E-state index contributed by atoms with van der Waals surface area (Å²) in [5.74, 6) is -1.60. The van der Waals surface area contributed by atoms with Gasteiger partial charge in [0.1, 0.15) is 0 Å². The lowest BCUT2D eigenvalue weighted by Crippen LogP contribution is -1.97. The molecule has 0 aliphatic heterocycles. The molecule has 100 valence electrons. The standard InChI is InChI=1S/C16H15BrF2/c1-2-11-3-6-13(7-4-11)14(17)9-12-5-8-15(18)16(19)10-12/h3-8,10,14H,2,9H2,1H3. The van der Waals surface area contributed by atoms with Crippen LogP contribution in [0, 0.1) is 11.6 Å². The molecule has 0 fully saturated rings. The molecule has 0 bridgehead atoms. The first-order valence-electron chi connectivity index (χ1n) is 6.27. The Bertz CT molecular complexity index is 549. The molecule has 19 heavy (non-hydrogen) atoms. The van der Waals surface area contributed by atoms with Gasteiger partial charge in [0.15, 0.2) is 11.6 Å². The topological polar surface area (TPSA) is 0 Å². The summed E-state index contributed by atoms with van der Waals surface area (Å²) < 4.78 is 26.0. The normalized spacial score (nSPS) is 12.4. The molecule has 0 saturated heterocycles. The minimum atomic E-state index is -0.804. The summed E-state index contributed by atoms with van der Waals surface area (Å²) >= 11 is 3.60. The first-order chi connectivity index (χ1) is 9.10. The Hall–Kier alpha value is -1.22. The van der Waals surface area contributed by atoms with E-state index in [4.69, 9.17) is 0 Å². The van der Waals surface area contributed by atoms with E-state index in [9.17, 15) is 8.78 Å². The molecule has 1 atom stereocenters. The van der Waals surface area contributed by atoms with E-state index in [1.54, 1.807) is 6.07 Å². The molecular formula is C16H15BrF2. The van der Waals surface area contributed by atoms with Crippen LogP contribution in [0.1, 0.15) is 28.4 Å². The average Bonchev–Trinajstić information content (AvgIpc) is 2.43. The molecule has 0 heterocycles. The predicted molar refractivity (Wildman–Crippen MR) is 77.6 cm³/mol. The van der Waals surface area contributed by atoms with Crippen molar-refractivity contribution >= 4 is 15.9 Å². The maximum Gasteiger partial charge on any atom is 0.159 e. The first kappa shape index (κ1) is 14.2. The Morgan fingerprint density at radius 3 is 2.16 bits per heavy atom. The Balaban J connectivity index is 2.10. The van der Waals surface area contributed by atoms with E-state index in [1.807, 2.05) is 0 Å². The van der Waals surface area contributed by atoms with Crippen molar-refractivity contribution in [2.45, 2.75) is 24.6 Å². The number of alkyl halides is 1. The summed E-state index contributed by atoms with van der Waals surface area (Å²) in [6, 6.07) is 12.4. The fourth-order valence-electron chi connectivity index (χ4n) is 1.95. The van der Waals surface area contributed by atoms with Crippen LogP contribution in [0.25, 0.3) is 0 Å². The van der Waals surface area contributed by atoms with Gasteiger partial charge in [0, 0.05) is 4.83 Å². The molecule has 2 rings (SSSR count). The molecule has 0 aliphatic carbocycles. The van der Waals surface area contributed by atoms with Crippen LogP contribution in [-0.2, 0) is 12.8 Å².